The van der Waals surface area contributed by atoms with Crippen molar-refractivity contribution in [2.24, 2.45) is 5.92 Å². The van der Waals surface area contributed by atoms with Gasteiger partial charge < -0.3 is 10.2 Å². The van der Waals surface area contributed by atoms with Gasteiger partial charge in [0.1, 0.15) is 6.04 Å². The van der Waals surface area contributed by atoms with Crippen molar-refractivity contribution in [2.75, 3.05) is 6.54 Å². The highest BCUT2D eigenvalue weighted by molar-refractivity contribution is 6.35. The monoisotopic (exact) mass is 496 g/mol. The second-order valence-electron chi connectivity index (χ2n) is 8.76. The summed E-state index contributed by atoms with van der Waals surface area (Å²) < 4.78 is 0. The van der Waals surface area contributed by atoms with E-state index in [4.69, 9.17) is 23.2 Å². The summed E-state index contributed by atoms with van der Waals surface area (Å²) in [7, 11) is 0. The number of nitrogens with zero attached hydrogens (tertiary/aromatic N) is 1. The van der Waals surface area contributed by atoms with Crippen molar-refractivity contribution in [2.45, 2.75) is 39.3 Å². The van der Waals surface area contributed by atoms with E-state index >= 15 is 0 Å². The number of amides is 2. The number of hydrogen-bond donors (Lipinski definition) is 1. The van der Waals surface area contributed by atoms with Crippen molar-refractivity contribution in [1.29, 1.82) is 0 Å². The fourth-order valence-corrected chi connectivity index (χ4v) is 4.15. The summed E-state index contributed by atoms with van der Waals surface area (Å²) in [6.45, 7) is 4.82. The average Bonchev–Trinajstić information content (AvgIpc) is 2.82. The Morgan fingerprint density at radius 3 is 2.09 bits per heavy atom. The lowest BCUT2D eigenvalue weighted by Gasteiger charge is -2.32. The summed E-state index contributed by atoms with van der Waals surface area (Å²) in [5.74, 6) is -0.0256. The molecule has 0 saturated carbocycles. The highest BCUT2D eigenvalue weighted by Gasteiger charge is 2.30. The zero-order valence-corrected chi connectivity index (χ0v) is 21.0. The molecule has 0 radical (unpaired) electrons. The van der Waals surface area contributed by atoms with E-state index in [-0.39, 0.29) is 24.8 Å². The Hall–Kier alpha value is -2.82. The standard InChI is InChI=1S/C28H30Cl2N2O2/c1-20(2)18-31-28(34)26(15-21-9-5-3-6-10-21)32(19-23-13-14-24(29)17-25(23)30)27(33)16-22-11-7-4-8-12-22/h3-14,17,20,26H,15-16,18-19H2,1-2H3,(H,31,34)/t26-/m1/s1. The maximum absolute atomic E-state index is 13.6. The first-order valence-corrected chi connectivity index (χ1v) is 12.2. The lowest BCUT2D eigenvalue weighted by atomic mass is 10.0. The van der Waals surface area contributed by atoms with E-state index in [1.807, 2.05) is 74.5 Å². The summed E-state index contributed by atoms with van der Waals surface area (Å²) in [6, 6.07) is 23.8. The maximum Gasteiger partial charge on any atom is 0.243 e. The number of nitrogens with one attached hydrogen (secondary N) is 1. The Bertz CT molecular complexity index is 1090. The minimum absolute atomic E-state index is 0.141. The molecule has 34 heavy (non-hydrogen) atoms. The van der Waals surface area contributed by atoms with Crippen LogP contribution in [-0.2, 0) is 29.0 Å². The molecule has 0 heterocycles. The predicted octanol–water partition coefficient (Wildman–Crippen LogP) is 5.95. The van der Waals surface area contributed by atoms with E-state index in [1.54, 1.807) is 23.1 Å². The molecule has 3 aromatic rings. The van der Waals surface area contributed by atoms with Gasteiger partial charge in [-0.25, -0.2) is 0 Å². The van der Waals surface area contributed by atoms with Crippen molar-refractivity contribution >= 4 is 35.0 Å². The molecule has 1 atom stereocenters. The van der Waals surface area contributed by atoms with Crippen LogP contribution in [0.2, 0.25) is 10.0 Å². The first kappa shape index (κ1) is 25.8. The zero-order valence-electron chi connectivity index (χ0n) is 19.5. The normalized spacial score (nSPS) is 11.8. The van der Waals surface area contributed by atoms with Crippen LogP contribution in [0.1, 0.15) is 30.5 Å². The molecule has 0 aliphatic heterocycles. The molecule has 0 spiro atoms. The minimum atomic E-state index is -0.691. The lowest BCUT2D eigenvalue weighted by Crippen LogP contribution is -2.51. The molecule has 2 amide bonds. The number of carbonyl (C=O) groups is 2. The molecular formula is C28H30Cl2N2O2. The molecule has 0 unspecified atom stereocenters. The molecule has 0 fully saturated rings. The van der Waals surface area contributed by atoms with E-state index in [0.717, 1.165) is 16.7 Å². The fraction of sp³-hybridized carbons (Fsp3) is 0.286. The van der Waals surface area contributed by atoms with Gasteiger partial charge in [-0.05, 0) is 34.7 Å². The fourth-order valence-electron chi connectivity index (χ4n) is 3.68. The van der Waals surface area contributed by atoms with Gasteiger partial charge in [-0.15, -0.1) is 0 Å². The molecule has 0 aliphatic carbocycles. The smallest absolute Gasteiger partial charge is 0.243 e. The summed E-state index contributed by atoms with van der Waals surface area (Å²) in [4.78, 5) is 28.7. The number of hydrogen-bond acceptors (Lipinski definition) is 2. The van der Waals surface area contributed by atoms with Crippen LogP contribution in [0.3, 0.4) is 0 Å². The largest absolute Gasteiger partial charge is 0.354 e. The van der Waals surface area contributed by atoms with Crippen LogP contribution < -0.4 is 5.32 Å². The highest BCUT2D eigenvalue weighted by Crippen LogP contribution is 2.24. The topological polar surface area (TPSA) is 49.4 Å². The van der Waals surface area contributed by atoms with Crippen LogP contribution in [-0.4, -0.2) is 29.3 Å². The van der Waals surface area contributed by atoms with E-state index in [9.17, 15) is 9.59 Å². The first-order chi connectivity index (χ1) is 16.3. The van der Waals surface area contributed by atoms with Crippen LogP contribution in [0.15, 0.2) is 78.9 Å². The third kappa shape index (κ3) is 7.61. The van der Waals surface area contributed by atoms with E-state index in [0.29, 0.717) is 28.9 Å². The van der Waals surface area contributed by atoms with E-state index in [2.05, 4.69) is 5.32 Å². The highest BCUT2D eigenvalue weighted by atomic mass is 35.5. The Morgan fingerprint density at radius 1 is 0.882 bits per heavy atom. The first-order valence-electron chi connectivity index (χ1n) is 11.4. The van der Waals surface area contributed by atoms with Crippen LogP contribution in [0, 0.1) is 5.92 Å². The second kappa shape index (κ2) is 12.6. The molecule has 6 heteroatoms. The third-order valence-corrected chi connectivity index (χ3v) is 6.10. The Morgan fingerprint density at radius 2 is 1.50 bits per heavy atom. The molecular weight excluding hydrogens is 467 g/mol. The molecule has 3 aromatic carbocycles. The van der Waals surface area contributed by atoms with Crippen LogP contribution in [0.4, 0.5) is 0 Å². The van der Waals surface area contributed by atoms with Crippen LogP contribution >= 0.6 is 23.2 Å². The molecule has 178 valence electrons. The molecule has 0 aromatic heterocycles. The predicted molar refractivity (Wildman–Crippen MR) is 139 cm³/mol. The summed E-state index contributed by atoms with van der Waals surface area (Å²) in [6.07, 6.45) is 0.589. The zero-order chi connectivity index (χ0) is 24.5. The number of rotatable bonds is 10. The van der Waals surface area contributed by atoms with Crippen LogP contribution in [0.5, 0.6) is 0 Å². The van der Waals surface area contributed by atoms with Crippen molar-refractivity contribution in [3.8, 4) is 0 Å². The quantitative estimate of drug-likeness (QED) is 0.377. The molecule has 0 bridgehead atoms. The van der Waals surface area contributed by atoms with Gasteiger partial charge in [0.25, 0.3) is 0 Å². The van der Waals surface area contributed by atoms with Gasteiger partial charge in [-0.3, -0.25) is 9.59 Å². The second-order valence-corrected chi connectivity index (χ2v) is 9.61. The summed E-state index contributed by atoms with van der Waals surface area (Å²) in [5, 5.41) is 4.01. The van der Waals surface area contributed by atoms with Crippen molar-refractivity contribution < 1.29 is 9.59 Å². The van der Waals surface area contributed by atoms with Gasteiger partial charge in [-0.2, -0.15) is 0 Å². The summed E-state index contributed by atoms with van der Waals surface area (Å²) >= 11 is 12.5. The minimum Gasteiger partial charge on any atom is -0.354 e. The van der Waals surface area contributed by atoms with Crippen molar-refractivity contribution in [1.82, 2.24) is 10.2 Å². The third-order valence-electron chi connectivity index (χ3n) is 5.51. The van der Waals surface area contributed by atoms with Gasteiger partial charge in [0.15, 0.2) is 0 Å². The van der Waals surface area contributed by atoms with Crippen molar-refractivity contribution in [3.05, 3.63) is 106 Å². The van der Waals surface area contributed by atoms with Gasteiger partial charge in [0.2, 0.25) is 11.8 Å². The average molecular weight is 497 g/mol. The molecule has 0 aliphatic rings. The molecule has 1 N–H and O–H groups in total. The van der Waals surface area contributed by atoms with Gasteiger partial charge in [0.05, 0.1) is 6.42 Å². The Balaban J connectivity index is 1.97. The van der Waals surface area contributed by atoms with E-state index < -0.39 is 6.04 Å². The number of benzene rings is 3. The van der Waals surface area contributed by atoms with Gasteiger partial charge in [-0.1, -0.05) is 104 Å². The van der Waals surface area contributed by atoms with Crippen LogP contribution in [0.25, 0.3) is 0 Å². The summed E-state index contributed by atoms with van der Waals surface area (Å²) in [5.41, 5.74) is 2.61. The van der Waals surface area contributed by atoms with Crippen molar-refractivity contribution in [3.63, 3.8) is 0 Å². The number of halogens is 2. The molecule has 3 rings (SSSR count). The van der Waals surface area contributed by atoms with Gasteiger partial charge >= 0.3 is 0 Å². The Kier molecular flexibility index (Phi) is 9.55. The number of carbonyl (C=O) groups excluding carboxylic acids is 2. The Labute approximate surface area is 211 Å². The SMILES string of the molecule is CC(C)CNC(=O)[C@@H](Cc1ccccc1)N(Cc1ccc(Cl)cc1Cl)C(=O)Cc1ccccc1. The maximum atomic E-state index is 13.6. The molecule has 0 saturated heterocycles. The lowest BCUT2D eigenvalue weighted by molar-refractivity contribution is -0.140. The van der Waals surface area contributed by atoms with E-state index in [1.165, 1.54) is 0 Å². The van der Waals surface area contributed by atoms with Gasteiger partial charge in [0, 0.05) is 29.6 Å². The molecule has 4 nitrogen and oxygen atoms in total.